The van der Waals surface area contributed by atoms with Crippen LogP contribution >= 0.6 is 11.8 Å². The maximum atomic E-state index is 12.6. The van der Waals surface area contributed by atoms with Crippen LogP contribution in [0.15, 0.2) is 40.4 Å². The molecule has 1 aromatic heterocycles. The Morgan fingerprint density at radius 1 is 1.15 bits per heavy atom. The summed E-state index contributed by atoms with van der Waals surface area (Å²) < 4.78 is 25.3. The van der Waals surface area contributed by atoms with E-state index < -0.39 is 10.0 Å². The molecule has 27 heavy (non-hydrogen) atoms. The molecule has 6 nitrogen and oxygen atoms in total. The molecule has 0 unspecified atom stereocenters. The van der Waals surface area contributed by atoms with E-state index in [4.69, 9.17) is 0 Å². The highest BCUT2D eigenvalue weighted by Crippen LogP contribution is 2.26. The topological polar surface area (TPSA) is 79.4 Å². The van der Waals surface area contributed by atoms with Crippen molar-refractivity contribution < 1.29 is 13.2 Å². The molecule has 2 rings (SSSR count). The van der Waals surface area contributed by atoms with Gasteiger partial charge in [0.1, 0.15) is 4.90 Å². The lowest BCUT2D eigenvalue weighted by Crippen LogP contribution is -2.24. The first-order valence-electron chi connectivity index (χ1n) is 8.46. The highest BCUT2D eigenvalue weighted by molar-refractivity contribution is 8.00. The van der Waals surface area contributed by atoms with Crippen molar-refractivity contribution in [3.8, 4) is 0 Å². The summed E-state index contributed by atoms with van der Waals surface area (Å²) in [5, 5.41) is 3.20. The van der Waals surface area contributed by atoms with E-state index in [1.54, 1.807) is 13.0 Å². The molecule has 8 heteroatoms. The van der Waals surface area contributed by atoms with Gasteiger partial charge in [0.25, 0.3) is 0 Å². The van der Waals surface area contributed by atoms with Crippen LogP contribution in [0.4, 0.5) is 5.69 Å². The molecule has 0 spiro atoms. The standard InChI is InChI=1S/C19H25N3O3S2/c1-12-9-13(2)18(14(3)10-12)21-19(23)15(4)26-17-8-7-16(11-20-17)27(24,25)22(5)6/h7-11,15H,1-6H3,(H,21,23)/t15-/m1/s1. The maximum Gasteiger partial charge on any atom is 0.244 e. The Balaban J connectivity index is 2.09. The lowest BCUT2D eigenvalue weighted by Gasteiger charge is -2.16. The number of nitrogens with zero attached hydrogens (tertiary/aromatic N) is 2. The first kappa shape index (κ1) is 21.4. The Hall–Kier alpha value is -1.90. The molecule has 0 saturated carbocycles. The van der Waals surface area contributed by atoms with Gasteiger partial charge in [-0.25, -0.2) is 17.7 Å². The van der Waals surface area contributed by atoms with E-state index in [0.29, 0.717) is 5.03 Å². The SMILES string of the molecule is Cc1cc(C)c(NC(=O)[C@@H](C)Sc2ccc(S(=O)(=O)N(C)C)cn2)c(C)c1. The third-order valence-electron chi connectivity index (χ3n) is 4.08. The number of aromatic nitrogens is 1. The lowest BCUT2D eigenvalue weighted by atomic mass is 10.1. The minimum Gasteiger partial charge on any atom is -0.325 e. The summed E-state index contributed by atoms with van der Waals surface area (Å²) in [6.45, 7) is 7.76. The number of thioether (sulfide) groups is 1. The molecule has 0 bridgehead atoms. The number of anilines is 1. The van der Waals surface area contributed by atoms with Gasteiger partial charge >= 0.3 is 0 Å². The van der Waals surface area contributed by atoms with Crippen LogP contribution in [0.3, 0.4) is 0 Å². The van der Waals surface area contributed by atoms with Crippen LogP contribution in [-0.4, -0.2) is 43.0 Å². The average molecular weight is 408 g/mol. The van der Waals surface area contributed by atoms with Gasteiger partial charge in [-0.05, 0) is 51.0 Å². The molecular formula is C19H25N3O3S2. The number of rotatable bonds is 6. The highest BCUT2D eigenvalue weighted by Gasteiger charge is 2.20. The Kier molecular flexibility index (Phi) is 6.67. The Labute approximate surface area is 165 Å². The molecule has 1 aromatic carbocycles. The number of pyridine rings is 1. The van der Waals surface area contributed by atoms with Crippen LogP contribution in [0.25, 0.3) is 0 Å². The summed E-state index contributed by atoms with van der Waals surface area (Å²) >= 11 is 1.28. The first-order valence-corrected chi connectivity index (χ1v) is 10.8. The van der Waals surface area contributed by atoms with Crippen molar-refractivity contribution in [2.45, 2.75) is 42.9 Å². The highest BCUT2D eigenvalue weighted by atomic mass is 32.2. The van der Waals surface area contributed by atoms with Crippen molar-refractivity contribution in [3.05, 3.63) is 47.2 Å². The Morgan fingerprint density at radius 2 is 1.74 bits per heavy atom. The molecule has 1 N–H and O–H groups in total. The number of carbonyl (C=O) groups excluding carboxylic acids is 1. The van der Waals surface area contributed by atoms with Crippen LogP contribution in [0.1, 0.15) is 23.6 Å². The van der Waals surface area contributed by atoms with Crippen LogP contribution in [0, 0.1) is 20.8 Å². The summed E-state index contributed by atoms with van der Waals surface area (Å²) in [7, 11) is -0.567. The van der Waals surface area contributed by atoms with Gasteiger partial charge in [-0.1, -0.05) is 29.5 Å². The van der Waals surface area contributed by atoms with E-state index >= 15 is 0 Å². The predicted octanol–water partition coefficient (Wildman–Crippen LogP) is 3.38. The molecule has 146 valence electrons. The predicted molar refractivity (Wildman–Crippen MR) is 110 cm³/mol. The Bertz CT molecular complexity index is 916. The van der Waals surface area contributed by atoms with Crippen molar-refractivity contribution >= 4 is 33.4 Å². The number of benzene rings is 1. The van der Waals surface area contributed by atoms with Crippen LogP contribution < -0.4 is 5.32 Å². The number of sulfonamides is 1. The molecule has 1 atom stereocenters. The van der Waals surface area contributed by atoms with Crippen LogP contribution in [-0.2, 0) is 14.8 Å². The molecule has 0 saturated heterocycles. The zero-order valence-corrected chi connectivity index (χ0v) is 18.0. The van der Waals surface area contributed by atoms with Crippen molar-refractivity contribution in [1.82, 2.24) is 9.29 Å². The quantitative estimate of drug-likeness (QED) is 0.743. The number of aryl methyl sites for hydroxylation is 3. The molecular weight excluding hydrogens is 382 g/mol. The number of hydrogen-bond acceptors (Lipinski definition) is 5. The molecule has 0 radical (unpaired) electrons. The van der Waals surface area contributed by atoms with Crippen LogP contribution in [0.2, 0.25) is 0 Å². The van der Waals surface area contributed by atoms with Gasteiger partial charge in [-0.3, -0.25) is 4.79 Å². The fourth-order valence-corrected chi connectivity index (χ4v) is 4.27. The fourth-order valence-electron chi connectivity index (χ4n) is 2.64. The number of hydrogen-bond donors (Lipinski definition) is 1. The van der Waals surface area contributed by atoms with Gasteiger partial charge in [-0.2, -0.15) is 0 Å². The Morgan fingerprint density at radius 3 is 2.22 bits per heavy atom. The number of amides is 1. The first-order chi connectivity index (χ1) is 12.5. The minimum atomic E-state index is -3.51. The largest absolute Gasteiger partial charge is 0.325 e. The summed E-state index contributed by atoms with van der Waals surface area (Å²) in [5.41, 5.74) is 4.03. The molecule has 0 aliphatic carbocycles. The fraction of sp³-hybridized carbons (Fsp3) is 0.368. The zero-order valence-electron chi connectivity index (χ0n) is 16.4. The van der Waals surface area contributed by atoms with E-state index in [9.17, 15) is 13.2 Å². The van der Waals surface area contributed by atoms with Gasteiger partial charge in [0.2, 0.25) is 15.9 Å². The summed E-state index contributed by atoms with van der Waals surface area (Å²) in [6.07, 6.45) is 1.32. The van der Waals surface area contributed by atoms with E-state index in [1.807, 2.05) is 32.9 Å². The number of carbonyl (C=O) groups is 1. The second-order valence-electron chi connectivity index (χ2n) is 6.64. The lowest BCUT2D eigenvalue weighted by molar-refractivity contribution is -0.115. The molecule has 0 fully saturated rings. The van der Waals surface area contributed by atoms with Gasteiger partial charge in [0.15, 0.2) is 0 Å². The second kappa shape index (κ2) is 8.41. The smallest absolute Gasteiger partial charge is 0.244 e. The minimum absolute atomic E-state index is 0.123. The summed E-state index contributed by atoms with van der Waals surface area (Å²) in [4.78, 5) is 16.9. The van der Waals surface area contributed by atoms with E-state index in [2.05, 4.69) is 10.3 Å². The van der Waals surface area contributed by atoms with E-state index in [0.717, 1.165) is 26.7 Å². The van der Waals surface area contributed by atoms with Crippen LogP contribution in [0.5, 0.6) is 0 Å². The molecule has 1 amide bonds. The third kappa shape index (κ3) is 5.09. The van der Waals surface area contributed by atoms with Gasteiger partial charge in [-0.15, -0.1) is 0 Å². The second-order valence-corrected chi connectivity index (χ2v) is 10.2. The average Bonchev–Trinajstić information content (AvgIpc) is 2.58. The molecule has 0 aliphatic heterocycles. The van der Waals surface area contributed by atoms with E-state index in [-0.39, 0.29) is 16.1 Å². The van der Waals surface area contributed by atoms with Crippen molar-refractivity contribution in [2.75, 3.05) is 19.4 Å². The van der Waals surface area contributed by atoms with Gasteiger partial charge in [0.05, 0.1) is 10.3 Å². The molecule has 0 aliphatic rings. The van der Waals surface area contributed by atoms with Gasteiger partial charge in [0, 0.05) is 26.0 Å². The summed E-state index contributed by atoms with van der Waals surface area (Å²) in [6, 6.07) is 7.19. The normalized spacial score (nSPS) is 12.9. The molecule has 1 heterocycles. The maximum absolute atomic E-state index is 12.6. The van der Waals surface area contributed by atoms with Crippen molar-refractivity contribution in [1.29, 1.82) is 0 Å². The van der Waals surface area contributed by atoms with Crippen molar-refractivity contribution in [2.24, 2.45) is 0 Å². The molecule has 2 aromatic rings. The van der Waals surface area contributed by atoms with Crippen molar-refractivity contribution in [3.63, 3.8) is 0 Å². The third-order valence-corrected chi connectivity index (χ3v) is 6.93. The van der Waals surface area contributed by atoms with Gasteiger partial charge < -0.3 is 5.32 Å². The summed E-state index contributed by atoms with van der Waals surface area (Å²) in [5.74, 6) is -0.123. The van der Waals surface area contributed by atoms with E-state index in [1.165, 1.54) is 38.1 Å². The number of nitrogens with one attached hydrogen (secondary N) is 1. The monoisotopic (exact) mass is 407 g/mol. The zero-order chi connectivity index (χ0) is 20.4.